The first-order valence-electron chi connectivity index (χ1n) is 6.92. The van der Waals surface area contributed by atoms with E-state index in [0.717, 1.165) is 6.42 Å². The molecule has 1 aliphatic rings. The number of pyridine rings is 1. The maximum absolute atomic E-state index is 12.2. The molecular weight excluding hydrogens is 240 g/mol. The van der Waals surface area contributed by atoms with E-state index in [0.29, 0.717) is 23.3 Å². The van der Waals surface area contributed by atoms with Gasteiger partial charge in [-0.25, -0.2) is 4.98 Å². The molecule has 0 aliphatic heterocycles. The van der Waals surface area contributed by atoms with E-state index in [-0.39, 0.29) is 11.9 Å². The van der Waals surface area contributed by atoms with Gasteiger partial charge in [-0.3, -0.25) is 4.79 Å². The van der Waals surface area contributed by atoms with Gasteiger partial charge in [-0.05, 0) is 24.3 Å². The molecule has 0 bridgehead atoms. The summed E-state index contributed by atoms with van der Waals surface area (Å²) in [5.74, 6) is 1.69. The molecule has 1 amide bonds. The van der Waals surface area contributed by atoms with Crippen LogP contribution >= 0.6 is 0 Å². The number of nitrogens with zero attached hydrogens (tertiary/aromatic N) is 1. The minimum atomic E-state index is -0.0406. The van der Waals surface area contributed by atoms with Crippen LogP contribution in [-0.4, -0.2) is 24.0 Å². The number of carbonyl (C=O) groups excluding carboxylic acids is 1. The maximum atomic E-state index is 12.2. The van der Waals surface area contributed by atoms with E-state index in [9.17, 15) is 4.79 Å². The molecule has 0 aromatic carbocycles. The molecule has 1 heterocycles. The van der Waals surface area contributed by atoms with Crippen LogP contribution in [0.2, 0.25) is 0 Å². The average molecular weight is 262 g/mol. The molecule has 19 heavy (non-hydrogen) atoms. The molecule has 2 rings (SSSR count). The molecule has 1 aromatic heterocycles. The van der Waals surface area contributed by atoms with E-state index in [2.05, 4.69) is 24.1 Å². The summed E-state index contributed by atoms with van der Waals surface area (Å²) in [5.41, 5.74) is 0.589. The van der Waals surface area contributed by atoms with Gasteiger partial charge in [0.1, 0.15) is 0 Å². The number of aromatic nitrogens is 1. The molecule has 4 nitrogen and oxygen atoms in total. The third kappa shape index (κ3) is 3.25. The first kappa shape index (κ1) is 13.8. The van der Waals surface area contributed by atoms with Crippen LogP contribution in [0.5, 0.6) is 5.88 Å². The van der Waals surface area contributed by atoms with Gasteiger partial charge in [0, 0.05) is 18.3 Å². The first-order chi connectivity index (χ1) is 9.11. The lowest BCUT2D eigenvalue weighted by Crippen LogP contribution is -2.43. The zero-order valence-electron chi connectivity index (χ0n) is 11.8. The van der Waals surface area contributed by atoms with E-state index >= 15 is 0 Å². The number of hydrogen-bond donors (Lipinski definition) is 1. The van der Waals surface area contributed by atoms with Gasteiger partial charge in [0.15, 0.2) is 0 Å². The quantitative estimate of drug-likeness (QED) is 0.911. The molecule has 1 aromatic rings. The summed E-state index contributed by atoms with van der Waals surface area (Å²) in [6, 6.07) is 3.73. The minimum Gasteiger partial charge on any atom is -0.481 e. The summed E-state index contributed by atoms with van der Waals surface area (Å²) < 4.78 is 4.99. The standard InChI is InChI=1S/C15H22N2O2/c1-10-5-4-6-13(11(10)2)17-15(18)12-7-8-14(19-3)16-9-12/h7-11,13H,4-6H2,1-3H3,(H,17,18). The molecule has 104 valence electrons. The Morgan fingerprint density at radius 3 is 2.79 bits per heavy atom. The van der Waals surface area contributed by atoms with E-state index < -0.39 is 0 Å². The predicted molar refractivity (Wildman–Crippen MR) is 74.2 cm³/mol. The van der Waals surface area contributed by atoms with Crippen molar-refractivity contribution in [3.05, 3.63) is 23.9 Å². The zero-order valence-corrected chi connectivity index (χ0v) is 11.8. The molecule has 0 saturated heterocycles. The van der Waals surface area contributed by atoms with Gasteiger partial charge in [0.05, 0.1) is 12.7 Å². The summed E-state index contributed by atoms with van der Waals surface area (Å²) >= 11 is 0. The number of methoxy groups -OCH3 is 1. The van der Waals surface area contributed by atoms with Crippen molar-refractivity contribution < 1.29 is 9.53 Å². The Bertz CT molecular complexity index is 430. The molecule has 1 saturated carbocycles. The smallest absolute Gasteiger partial charge is 0.253 e. The normalized spacial score (nSPS) is 26.8. The molecule has 0 spiro atoms. The molecule has 1 fully saturated rings. The number of carbonyl (C=O) groups is 1. The lowest BCUT2D eigenvalue weighted by atomic mass is 9.78. The number of ether oxygens (including phenoxy) is 1. The van der Waals surface area contributed by atoms with Crippen molar-refractivity contribution in [3.63, 3.8) is 0 Å². The Kier molecular flexibility index (Phi) is 4.40. The van der Waals surface area contributed by atoms with Gasteiger partial charge in [-0.1, -0.05) is 26.7 Å². The van der Waals surface area contributed by atoms with E-state index in [1.807, 2.05) is 0 Å². The summed E-state index contributed by atoms with van der Waals surface area (Å²) in [4.78, 5) is 16.2. The average Bonchev–Trinajstić information content (AvgIpc) is 2.44. The van der Waals surface area contributed by atoms with Crippen LogP contribution in [0.15, 0.2) is 18.3 Å². The van der Waals surface area contributed by atoms with Crippen molar-refractivity contribution in [3.8, 4) is 5.88 Å². The van der Waals surface area contributed by atoms with Crippen molar-refractivity contribution in [2.45, 2.75) is 39.2 Å². The predicted octanol–water partition coefficient (Wildman–Crippen LogP) is 2.64. The van der Waals surface area contributed by atoms with Gasteiger partial charge < -0.3 is 10.1 Å². The van der Waals surface area contributed by atoms with Gasteiger partial charge in [-0.2, -0.15) is 0 Å². The summed E-state index contributed by atoms with van der Waals surface area (Å²) in [5, 5.41) is 3.13. The lowest BCUT2D eigenvalue weighted by Gasteiger charge is -2.34. The van der Waals surface area contributed by atoms with E-state index in [1.54, 1.807) is 25.4 Å². The Morgan fingerprint density at radius 1 is 1.37 bits per heavy atom. The number of rotatable bonds is 3. The SMILES string of the molecule is COc1ccc(C(=O)NC2CCCC(C)C2C)cn1. The highest BCUT2D eigenvalue weighted by Crippen LogP contribution is 2.29. The van der Waals surface area contributed by atoms with Crippen LogP contribution in [0.4, 0.5) is 0 Å². The third-order valence-corrected chi connectivity index (χ3v) is 4.23. The van der Waals surface area contributed by atoms with Crippen LogP contribution in [0.25, 0.3) is 0 Å². The molecule has 1 N–H and O–H groups in total. The second kappa shape index (κ2) is 6.04. The Morgan fingerprint density at radius 2 is 2.16 bits per heavy atom. The van der Waals surface area contributed by atoms with Crippen LogP contribution < -0.4 is 10.1 Å². The Labute approximate surface area is 114 Å². The molecule has 4 heteroatoms. The Balaban J connectivity index is 1.99. The fourth-order valence-corrected chi connectivity index (χ4v) is 2.67. The largest absolute Gasteiger partial charge is 0.481 e. The van der Waals surface area contributed by atoms with Crippen LogP contribution in [0, 0.1) is 11.8 Å². The second-order valence-electron chi connectivity index (χ2n) is 5.44. The fraction of sp³-hybridized carbons (Fsp3) is 0.600. The minimum absolute atomic E-state index is 0.0406. The van der Waals surface area contributed by atoms with E-state index in [4.69, 9.17) is 4.74 Å². The first-order valence-corrected chi connectivity index (χ1v) is 6.92. The topological polar surface area (TPSA) is 51.2 Å². The van der Waals surface area contributed by atoms with Crippen molar-refractivity contribution in [2.75, 3.05) is 7.11 Å². The lowest BCUT2D eigenvalue weighted by molar-refractivity contribution is 0.0890. The Hall–Kier alpha value is -1.58. The zero-order chi connectivity index (χ0) is 13.8. The van der Waals surface area contributed by atoms with Crippen molar-refractivity contribution >= 4 is 5.91 Å². The molecule has 1 aliphatic carbocycles. The summed E-state index contributed by atoms with van der Waals surface area (Å²) in [7, 11) is 1.56. The molecular formula is C15H22N2O2. The highest BCUT2D eigenvalue weighted by Gasteiger charge is 2.28. The fourth-order valence-electron chi connectivity index (χ4n) is 2.67. The van der Waals surface area contributed by atoms with Crippen molar-refractivity contribution in [1.29, 1.82) is 0 Å². The maximum Gasteiger partial charge on any atom is 0.253 e. The highest BCUT2D eigenvalue weighted by atomic mass is 16.5. The second-order valence-corrected chi connectivity index (χ2v) is 5.44. The summed E-state index contributed by atoms with van der Waals surface area (Å²) in [6.45, 7) is 4.49. The number of amides is 1. The molecule has 3 unspecified atom stereocenters. The molecule has 3 atom stereocenters. The van der Waals surface area contributed by atoms with Gasteiger partial charge >= 0.3 is 0 Å². The van der Waals surface area contributed by atoms with Gasteiger partial charge in [0.25, 0.3) is 5.91 Å². The van der Waals surface area contributed by atoms with Crippen LogP contribution in [-0.2, 0) is 0 Å². The highest BCUT2D eigenvalue weighted by molar-refractivity contribution is 5.94. The molecule has 0 radical (unpaired) electrons. The van der Waals surface area contributed by atoms with Crippen LogP contribution in [0.1, 0.15) is 43.5 Å². The van der Waals surface area contributed by atoms with Crippen LogP contribution in [0.3, 0.4) is 0 Å². The van der Waals surface area contributed by atoms with Gasteiger partial charge in [0.2, 0.25) is 5.88 Å². The third-order valence-electron chi connectivity index (χ3n) is 4.23. The van der Waals surface area contributed by atoms with E-state index in [1.165, 1.54) is 12.8 Å². The van der Waals surface area contributed by atoms with Gasteiger partial charge in [-0.15, -0.1) is 0 Å². The monoisotopic (exact) mass is 262 g/mol. The number of hydrogen-bond acceptors (Lipinski definition) is 3. The van der Waals surface area contributed by atoms with Crippen molar-refractivity contribution in [1.82, 2.24) is 10.3 Å². The summed E-state index contributed by atoms with van der Waals surface area (Å²) in [6.07, 6.45) is 5.08. The number of nitrogens with one attached hydrogen (secondary N) is 1. The van der Waals surface area contributed by atoms with Crippen molar-refractivity contribution in [2.24, 2.45) is 11.8 Å².